The lowest BCUT2D eigenvalue weighted by Crippen LogP contribution is -2.29. The van der Waals surface area contributed by atoms with Crippen molar-refractivity contribution >= 4 is 11.6 Å². The van der Waals surface area contributed by atoms with Crippen LogP contribution in [0.25, 0.3) is 0 Å². The van der Waals surface area contributed by atoms with Crippen LogP contribution in [0.5, 0.6) is 0 Å². The molecule has 1 unspecified atom stereocenters. The van der Waals surface area contributed by atoms with E-state index in [9.17, 15) is 0 Å². The van der Waals surface area contributed by atoms with E-state index in [0.717, 1.165) is 25.5 Å². The van der Waals surface area contributed by atoms with Gasteiger partial charge in [0.25, 0.3) is 0 Å². The zero-order chi connectivity index (χ0) is 7.82. The van der Waals surface area contributed by atoms with Gasteiger partial charge in [0.05, 0.1) is 6.61 Å². The molecule has 0 aliphatic heterocycles. The van der Waals surface area contributed by atoms with E-state index in [1.165, 1.54) is 0 Å². The lowest BCUT2D eigenvalue weighted by molar-refractivity contribution is 0.196. The van der Waals surface area contributed by atoms with E-state index in [4.69, 9.17) is 16.3 Å². The molecule has 0 fully saturated rings. The van der Waals surface area contributed by atoms with Crippen LogP contribution in [0.3, 0.4) is 0 Å². The highest BCUT2D eigenvalue weighted by Crippen LogP contribution is 1.91. The molecule has 0 heterocycles. The zero-order valence-corrected chi connectivity index (χ0v) is 7.45. The number of hydrogen-bond acceptors (Lipinski definition) is 2. The first-order valence-electron chi connectivity index (χ1n) is 3.59. The van der Waals surface area contributed by atoms with Crippen LogP contribution in [0, 0.1) is 0 Å². The highest BCUT2D eigenvalue weighted by atomic mass is 35.5. The molecule has 0 aromatic carbocycles. The molecule has 0 radical (unpaired) electrons. The fourth-order valence-electron chi connectivity index (χ4n) is 0.673. The van der Waals surface area contributed by atoms with E-state index in [0.29, 0.717) is 6.04 Å². The van der Waals surface area contributed by atoms with Crippen LogP contribution < -0.4 is 5.32 Å². The third kappa shape index (κ3) is 6.33. The normalized spacial score (nSPS) is 13.5. The van der Waals surface area contributed by atoms with Crippen molar-refractivity contribution in [3.05, 3.63) is 0 Å². The summed E-state index contributed by atoms with van der Waals surface area (Å²) in [4.78, 5) is 0. The van der Waals surface area contributed by atoms with Crippen LogP contribution >= 0.6 is 11.6 Å². The molecule has 0 amide bonds. The van der Waals surface area contributed by atoms with E-state index in [1.54, 1.807) is 7.11 Å². The van der Waals surface area contributed by atoms with Gasteiger partial charge in [-0.25, -0.2) is 0 Å². The van der Waals surface area contributed by atoms with Gasteiger partial charge in [0.1, 0.15) is 0 Å². The van der Waals surface area contributed by atoms with E-state index >= 15 is 0 Å². The zero-order valence-electron chi connectivity index (χ0n) is 6.69. The summed E-state index contributed by atoms with van der Waals surface area (Å²) in [5.74, 6) is 0.723. The second-order valence-electron chi connectivity index (χ2n) is 2.33. The van der Waals surface area contributed by atoms with E-state index in [-0.39, 0.29) is 0 Å². The van der Waals surface area contributed by atoms with Crippen molar-refractivity contribution in [1.82, 2.24) is 5.32 Å². The van der Waals surface area contributed by atoms with Crippen molar-refractivity contribution in [1.29, 1.82) is 0 Å². The van der Waals surface area contributed by atoms with Gasteiger partial charge in [-0.1, -0.05) is 0 Å². The fraction of sp³-hybridized carbons (Fsp3) is 1.00. The van der Waals surface area contributed by atoms with E-state index in [2.05, 4.69) is 12.2 Å². The van der Waals surface area contributed by atoms with Crippen LogP contribution in [0.2, 0.25) is 0 Å². The van der Waals surface area contributed by atoms with Gasteiger partial charge in [-0.15, -0.1) is 11.6 Å². The molecule has 0 bridgehead atoms. The smallest absolute Gasteiger partial charge is 0.0587 e. The van der Waals surface area contributed by atoms with Gasteiger partial charge in [-0.05, 0) is 13.3 Å². The molecule has 3 heteroatoms. The average molecular weight is 166 g/mol. The molecule has 10 heavy (non-hydrogen) atoms. The third-order valence-electron chi connectivity index (χ3n) is 1.34. The number of nitrogens with one attached hydrogen (secondary N) is 1. The van der Waals surface area contributed by atoms with Crippen molar-refractivity contribution in [2.75, 3.05) is 26.1 Å². The summed E-state index contributed by atoms with van der Waals surface area (Å²) in [5, 5.41) is 3.28. The Labute approximate surface area is 67.9 Å². The maximum Gasteiger partial charge on any atom is 0.0587 e. The Hall–Kier alpha value is 0.210. The summed E-state index contributed by atoms with van der Waals surface area (Å²) < 4.78 is 4.87. The van der Waals surface area contributed by atoms with Gasteiger partial charge in [0.15, 0.2) is 0 Å². The monoisotopic (exact) mass is 165 g/mol. The molecule has 1 N–H and O–H groups in total. The highest BCUT2D eigenvalue weighted by Gasteiger charge is 1.97. The van der Waals surface area contributed by atoms with Crippen molar-refractivity contribution < 1.29 is 4.74 Å². The number of ether oxygens (including phenoxy) is 1. The lowest BCUT2D eigenvalue weighted by Gasteiger charge is -2.10. The molecule has 0 spiro atoms. The minimum Gasteiger partial charge on any atom is -0.383 e. The van der Waals surface area contributed by atoms with Gasteiger partial charge in [-0.3, -0.25) is 0 Å². The van der Waals surface area contributed by atoms with Crippen LogP contribution in [0.4, 0.5) is 0 Å². The summed E-state index contributed by atoms with van der Waals surface area (Å²) in [6.07, 6.45) is 1.02. The summed E-state index contributed by atoms with van der Waals surface area (Å²) in [5.41, 5.74) is 0. The largest absolute Gasteiger partial charge is 0.383 e. The van der Waals surface area contributed by atoms with Crippen LogP contribution in [-0.4, -0.2) is 32.2 Å². The minimum absolute atomic E-state index is 0.507. The summed E-state index contributed by atoms with van der Waals surface area (Å²) in [6, 6.07) is 0.507. The van der Waals surface area contributed by atoms with Gasteiger partial charge in [0.2, 0.25) is 0 Å². The highest BCUT2D eigenvalue weighted by molar-refractivity contribution is 6.17. The molecule has 0 aromatic heterocycles. The van der Waals surface area contributed by atoms with Gasteiger partial charge in [-0.2, -0.15) is 0 Å². The van der Waals surface area contributed by atoms with Gasteiger partial charge >= 0.3 is 0 Å². The van der Waals surface area contributed by atoms with Gasteiger partial charge in [0, 0.05) is 25.6 Å². The van der Waals surface area contributed by atoms with Crippen molar-refractivity contribution in [2.45, 2.75) is 19.4 Å². The molecule has 0 saturated heterocycles. The number of hydrogen-bond donors (Lipinski definition) is 1. The maximum absolute atomic E-state index is 5.54. The number of rotatable bonds is 6. The Morgan fingerprint density at radius 2 is 2.30 bits per heavy atom. The Morgan fingerprint density at radius 1 is 1.60 bits per heavy atom. The van der Waals surface area contributed by atoms with Crippen LogP contribution in [0.15, 0.2) is 0 Å². The standard InChI is InChI=1S/C7H16ClNO/c1-7(3-4-8)9-5-6-10-2/h7,9H,3-6H2,1-2H3. The first kappa shape index (κ1) is 10.2. The third-order valence-corrected chi connectivity index (χ3v) is 1.56. The minimum atomic E-state index is 0.507. The van der Waals surface area contributed by atoms with Crippen LogP contribution in [-0.2, 0) is 4.74 Å². The first-order chi connectivity index (χ1) is 4.81. The Bertz CT molecular complexity index is 70.6. The average Bonchev–Trinajstić information content (AvgIpc) is 1.89. The van der Waals surface area contributed by atoms with Gasteiger partial charge < -0.3 is 10.1 Å². The maximum atomic E-state index is 5.54. The van der Waals surface area contributed by atoms with Crippen molar-refractivity contribution in [2.24, 2.45) is 0 Å². The molecule has 2 nitrogen and oxygen atoms in total. The molecule has 0 aliphatic rings. The number of alkyl halides is 1. The van der Waals surface area contributed by atoms with Crippen molar-refractivity contribution in [3.63, 3.8) is 0 Å². The quantitative estimate of drug-likeness (QED) is 0.473. The predicted octanol–water partition coefficient (Wildman–Crippen LogP) is 1.24. The first-order valence-corrected chi connectivity index (χ1v) is 4.13. The molecule has 1 atom stereocenters. The molecule has 0 aromatic rings. The fourth-order valence-corrected chi connectivity index (χ4v) is 1.00. The summed E-state index contributed by atoms with van der Waals surface area (Å²) in [6.45, 7) is 3.80. The number of halogens is 1. The molecule has 62 valence electrons. The van der Waals surface area contributed by atoms with Crippen LogP contribution in [0.1, 0.15) is 13.3 Å². The Balaban J connectivity index is 2.97. The molecule has 0 aliphatic carbocycles. The van der Waals surface area contributed by atoms with Crippen molar-refractivity contribution in [3.8, 4) is 0 Å². The molecular formula is C7H16ClNO. The molecule has 0 rings (SSSR count). The molecular weight excluding hydrogens is 150 g/mol. The summed E-state index contributed by atoms with van der Waals surface area (Å²) >= 11 is 5.54. The number of methoxy groups -OCH3 is 1. The SMILES string of the molecule is COCCNC(C)CCCl. The predicted molar refractivity (Wildman–Crippen MR) is 44.7 cm³/mol. The lowest BCUT2D eigenvalue weighted by atomic mass is 10.2. The second-order valence-corrected chi connectivity index (χ2v) is 2.70. The van der Waals surface area contributed by atoms with E-state index < -0.39 is 0 Å². The second kappa shape index (κ2) is 7.32. The molecule has 0 saturated carbocycles. The Morgan fingerprint density at radius 3 is 2.80 bits per heavy atom. The van der Waals surface area contributed by atoms with E-state index in [1.807, 2.05) is 0 Å². The Kier molecular flexibility index (Phi) is 7.47. The topological polar surface area (TPSA) is 21.3 Å². The summed E-state index contributed by atoms with van der Waals surface area (Å²) in [7, 11) is 1.70.